The van der Waals surface area contributed by atoms with Crippen LogP contribution in [0.1, 0.15) is 11.5 Å². The van der Waals surface area contributed by atoms with E-state index in [1.54, 1.807) is 0 Å². The first-order valence-corrected chi connectivity index (χ1v) is 7.07. The monoisotopic (exact) mass is 331 g/mol. The molecule has 2 aromatic heterocycles. The molecule has 0 aliphatic carbocycles. The van der Waals surface area contributed by atoms with Crippen molar-refractivity contribution < 1.29 is 4.42 Å². The van der Waals surface area contributed by atoms with E-state index in [-0.39, 0.29) is 0 Å². The molecule has 0 spiro atoms. The first kappa shape index (κ1) is 13.1. The van der Waals surface area contributed by atoms with Gasteiger partial charge in [0.15, 0.2) is 11.5 Å². The fraction of sp³-hybridized carbons (Fsp3) is 0.200. The summed E-state index contributed by atoms with van der Waals surface area (Å²) in [5.74, 6) is 1.57. The van der Waals surface area contributed by atoms with Gasteiger partial charge in [0.1, 0.15) is 11.3 Å². The van der Waals surface area contributed by atoms with Crippen LogP contribution in [-0.4, -0.2) is 17.0 Å². The highest BCUT2D eigenvalue weighted by Gasteiger charge is 2.10. The molecule has 5 heteroatoms. The van der Waals surface area contributed by atoms with Crippen molar-refractivity contribution in [1.29, 1.82) is 0 Å². The lowest BCUT2D eigenvalue weighted by Crippen LogP contribution is -2.11. The third-order valence-electron chi connectivity index (χ3n) is 3.24. The Bertz CT molecular complexity index is 782. The molecule has 0 fully saturated rings. The van der Waals surface area contributed by atoms with Crippen LogP contribution in [0.25, 0.3) is 11.1 Å². The third-order valence-corrected chi connectivity index (χ3v) is 4.07. The van der Waals surface area contributed by atoms with Crippen LogP contribution >= 0.6 is 15.9 Å². The molecule has 0 amide bonds. The number of rotatable bonds is 2. The molecule has 102 valence electrons. The van der Waals surface area contributed by atoms with Gasteiger partial charge in [-0.25, -0.2) is 9.97 Å². The van der Waals surface area contributed by atoms with E-state index in [9.17, 15) is 0 Å². The van der Waals surface area contributed by atoms with Gasteiger partial charge < -0.3 is 9.32 Å². The molecule has 3 aromatic rings. The molecule has 0 saturated heterocycles. The fourth-order valence-electron chi connectivity index (χ4n) is 2.08. The summed E-state index contributed by atoms with van der Waals surface area (Å²) in [4.78, 5) is 10.8. The number of nitrogens with zero attached hydrogens (tertiary/aromatic N) is 3. The van der Waals surface area contributed by atoms with Crippen LogP contribution in [0.2, 0.25) is 0 Å². The van der Waals surface area contributed by atoms with Crippen molar-refractivity contribution in [2.45, 2.75) is 13.8 Å². The van der Waals surface area contributed by atoms with Gasteiger partial charge in [-0.2, -0.15) is 0 Å². The lowest BCUT2D eigenvalue weighted by molar-refractivity contribution is 0.561. The van der Waals surface area contributed by atoms with Gasteiger partial charge >= 0.3 is 0 Å². The zero-order valence-corrected chi connectivity index (χ0v) is 13.1. The Labute approximate surface area is 125 Å². The molecule has 3 rings (SSSR count). The molecule has 0 bridgehead atoms. The standard InChI is InChI=1S/C15H14BrN3O/c1-9-6-15(17-8-12(9)16)19(3)11-4-5-14-13(7-11)18-10(2)20-14/h4-8H,1-3H3. The maximum atomic E-state index is 5.49. The van der Waals surface area contributed by atoms with E-state index in [2.05, 4.69) is 25.9 Å². The summed E-state index contributed by atoms with van der Waals surface area (Å²) in [5, 5.41) is 0. The molecule has 0 aliphatic heterocycles. The first-order valence-electron chi connectivity index (χ1n) is 6.27. The van der Waals surface area contributed by atoms with Gasteiger partial charge in [0, 0.05) is 30.3 Å². The topological polar surface area (TPSA) is 42.2 Å². The molecule has 0 saturated carbocycles. The maximum Gasteiger partial charge on any atom is 0.192 e. The zero-order valence-electron chi connectivity index (χ0n) is 11.5. The van der Waals surface area contributed by atoms with Crippen LogP contribution in [0.3, 0.4) is 0 Å². The molecule has 20 heavy (non-hydrogen) atoms. The van der Waals surface area contributed by atoms with Crippen LogP contribution < -0.4 is 4.90 Å². The lowest BCUT2D eigenvalue weighted by Gasteiger charge is -2.18. The van der Waals surface area contributed by atoms with Gasteiger partial charge in [0.25, 0.3) is 0 Å². The van der Waals surface area contributed by atoms with Crippen molar-refractivity contribution in [3.8, 4) is 0 Å². The average Bonchev–Trinajstić information content (AvgIpc) is 2.80. The molecule has 0 radical (unpaired) electrons. The van der Waals surface area contributed by atoms with E-state index in [0.717, 1.165) is 32.6 Å². The van der Waals surface area contributed by atoms with E-state index < -0.39 is 0 Å². The summed E-state index contributed by atoms with van der Waals surface area (Å²) in [6.07, 6.45) is 1.82. The molecule has 0 unspecified atom stereocenters. The van der Waals surface area contributed by atoms with Crippen molar-refractivity contribution in [2.24, 2.45) is 0 Å². The molecular weight excluding hydrogens is 318 g/mol. The highest BCUT2D eigenvalue weighted by atomic mass is 79.9. The van der Waals surface area contributed by atoms with Crippen LogP contribution in [0.4, 0.5) is 11.5 Å². The number of hydrogen-bond donors (Lipinski definition) is 0. The van der Waals surface area contributed by atoms with Crippen molar-refractivity contribution >= 4 is 38.5 Å². The zero-order chi connectivity index (χ0) is 14.3. The van der Waals surface area contributed by atoms with Crippen LogP contribution in [0.15, 0.2) is 39.4 Å². The Hall–Kier alpha value is -1.88. The number of halogens is 1. The van der Waals surface area contributed by atoms with E-state index >= 15 is 0 Å². The number of pyridine rings is 1. The molecule has 4 nitrogen and oxygen atoms in total. The Balaban J connectivity index is 2.02. The maximum absolute atomic E-state index is 5.49. The fourth-order valence-corrected chi connectivity index (χ4v) is 2.30. The molecule has 0 aliphatic rings. The summed E-state index contributed by atoms with van der Waals surface area (Å²) >= 11 is 3.47. The van der Waals surface area contributed by atoms with E-state index in [4.69, 9.17) is 4.42 Å². The number of aryl methyl sites for hydroxylation is 2. The summed E-state index contributed by atoms with van der Waals surface area (Å²) in [5.41, 5.74) is 3.85. The Morgan fingerprint density at radius 1 is 1.20 bits per heavy atom. The molecule has 0 N–H and O–H groups in total. The highest BCUT2D eigenvalue weighted by Crippen LogP contribution is 2.28. The third kappa shape index (κ3) is 2.29. The second-order valence-corrected chi connectivity index (χ2v) is 5.59. The van der Waals surface area contributed by atoms with Crippen LogP contribution in [0, 0.1) is 13.8 Å². The van der Waals surface area contributed by atoms with Crippen molar-refractivity contribution in [3.05, 3.63) is 46.4 Å². The summed E-state index contributed by atoms with van der Waals surface area (Å²) in [6.45, 7) is 3.90. The summed E-state index contributed by atoms with van der Waals surface area (Å²) in [6, 6.07) is 7.99. The predicted octanol–water partition coefficient (Wildman–Crippen LogP) is 4.37. The molecule has 0 atom stereocenters. The van der Waals surface area contributed by atoms with Crippen molar-refractivity contribution in [2.75, 3.05) is 11.9 Å². The Morgan fingerprint density at radius 2 is 2.00 bits per heavy atom. The van der Waals surface area contributed by atoms with Crippen molar-refractivity contribution in [3.63, 3.8) is 0 Å². The van der Waals surface area contributed by atoms with Gasteiger partial charge in [-0.05, 0) is 52.7 Å². The average molecular weight is 332 g/mol. The number of oxazole rings is 1. The molecule has 1 aromatic carbocycles. The first-order chi connectivity index (χ1) is 9.54. The molecule has 2 heterocycles. The second-order valence-electron chi connectivity index (χ2n) is 4.74. The smallest absolute Gasteiger partial charge is 0.192 e. The molecular formula is C15H14BrN3O. The van der Waals surface area contributed by atoms with Crippen LogP contribution in [-0.2, 0) is 0 Å². The Morgan fingerprint density at radius 3 is 2.75 bits per heavy atom. The number of hydrogen-bond acceptors (Lipinski definition) is 4. The lowest BCUT2D eigenvalue weighted by atomic mass is 10.2. The van der Waals surface area contributed by atoms with Crippen molar-refractivity contribution in [1.82, 2.24) is 9.97 Å². The van der Waals surface area contributed by atoms with Gasteiger partial charge in [0.05, 0.1) is 0 Å². The summed E-state index contributed by atoms with van der Waals surface area (Å²) in [7, 11) is 1.99. The normalized spacial score (nSPS) is 11.0. The van der Waals surface area contributed by atoms with Gasteiger partial charge in [0.2, 0.25) is 0 Å². The number of anilines is 2. The predicted molar refractivity (Wildman–Crippen MR) is 83.5 cm³/mol. The SMILES string of the molecule is Cc1nc2cc(N(C)c3cc(C)c(Br)cn3)ccc2o1. The number of benzene rings is 1. The minimum absolute atomic E-state index is 0.678. The summed E-state index contributed by atoms with van der Waals surface area (Å²) < 4.78 is 6.50. The van der Waals surface area contributed by atoms with E-state index in [0.29, 0.717) is 5.89 Å². The minimum Gasteiger partial charge on any atom is -0.441 e. The van der Waals surface area contributed by atoms with Crippen LogP contribution in [0.5, 0.6) is 0 Å². The quantitative estimate of drug-likeness (QED) is 0.699. The number of aromatic nitrogens is 2. The van der Waals surface area contributed by atoms with Gasteiger partial charge in [-0.3, -0.25) is 0 Å². The van der Waals surface area contributed by atoms with Gasteiger partial charge in [-0.1, -0.05) is 0 Å². The second kappa shape index (κ2) is 4.90. The highest BCUT2D eigenvalue weighted by molar-refractivity contribution is 9.10. The Kier molecular flexibility index (Phi) is 3.22. The van der Waals surface area contributed by atoms with Gasteiger partial charge in [-0.15, -0.1) is 0 Å². The number of fused-ring (bicyclic) bond motifs is 1. The van der Waals surface area contributed by atoms with E-state index in [1.807, 2.05) is 56.3 Å². The van der Waals surface area contributed by atoms with E-state index in [1.165, 1.54) is 0 Å². The minimum atomic E-state index is 0.678. The largest absolute Gasteiger partial charge is 0.441 e.